The number of nitrogens with zero attached hydrogens (tertiary/aromatic N) is 1. The molecular weight excluding hydrogens is 288 g/mol. The lowest BCUT2D eigenvalue weighted by molar-refractivity contribution is -0.898. The van der Waals surface area contributed by atoms with Gasteiger partial charge in [-0.25, -0.2) is 0 Å². The number of halogens is 1. The highest BCUT2D eigenvalue weighted by Crippen LogP contribution is 2.21. The summed E-state index contributed by atoms with van der Waals surface area (Å²) in [7, 11) is 0. The maximum Gasteiger partial charge on any atom is 0.260 e. The van der Waals surface area contributed by atoms with Gasteiger partial charge < -0.3 is 14.5 Å². The Kier molecular flexibility index (Phi) is 5.65. The summed E-state index contributed by atoms with van der Waals surface area (Å²) in [6.07, 6.45) is 1.93. The Morgan fingerprint density at radius 3 is 2.81 bits per heavy atom. The number of amides is 1. The summed E-state index contributed by atoms with van der Waals surface area (Å²) in [6, 6.07) is 5.40. The van der Waals surface area contributed by atoms with Crippen LogP contribution in [0.5, 0.6) is 5.75 Å². The van der Waals surface area contributed by atoms with Gasteiger partial charge >= 0.3 is 0 Å². The van der Waals surface area contributed by atoms with Crippen LogP contribution in [0.2, 0.25) is 5.02 Å². The fourth-order valence-corrected chi connectivity index (χ4v) is 2.71. The van der Waals surface area contributed by atoms with Crippen LogP contribution >= 0.6 is 11.6 Å². The molecular formula is C16H22ClN2O2+. The zero-order chi connectivity index (χ0) is 15.2. The predicted molar refractivity (Wildman–Crippen MR) is 84.0 cm³/mol. The molecule has 114 valence electrons. The van der Waals surface area contributed by atoms with Gasteiger partial charge in [-0.05, 0) is 36.8 Å². The molecule has 2 rings (SSSR count). The zero-order valence-corrected chi connectivity index (χ0v) is 13.2. The minimum atomic E-state index is 0.0435. The van der Waals surface area contributed by atoms with E-state index >= 15 is 0 Å². The molecule has 1 saturated heterocycles. The number of carbonyl (C=O) groups excluding carboxylic acids is 1. The molecule has 1 N–H and O–H groups in total. The molecule has 1 heterocycles. The molecule has 4 nitrogen and oxygen atoms in total. The monoisotopic (exact) mass is 309 g/mol. The van der Waals surface area contributed by atoms with Crippen molar-refractivity contribution in [3.63, 3.8) is 0 Å². The van der Waals surface area contributed by atoms with Crippen LogP contribution in [0.3, 0.4) is 0 Å². The van der Waals surface area contributed by atoms with E-state index < -0.39 is 0 Å². The van der Waals surface area contributed by atoms with E-state index in [0.717, 1.165) is 38.3 Å². The molecule has 1 fully saturated rings. The van der Waals surface area contributed by atoms with Crippen LogP contribution in [-0.4, -0.2) is 50.1 Å². The number of benzene rings is 1. The molecule has 0 radical (unpaired) electrons. The molecule has 1 aromatic rings. The van der Waals surface area contributed by atoms with Gasteiger partial charge in [0.25, 0.3) is 5.91 Å². The van der Waals surface area contributed by atoms with Crippen LogP contribution in [0, 0.1) is 6.92 Å². The first-order valence-corrected chi connectivity index (χ1v) is 7.59. The number of hydrogen-bond donors (Lipinski definition) is 1. The van der Waals surface area contributed by atoms with E-state index in [1.807, 2.05) is 24.0 Å². The molecule has 0 aromatic heterocycles. The lowest BCUT2D eigenvalue weighted by Crippen LogP contribution is -3.14. The van der Waals surface area contributed by atoms with Crippen molar-refractivity contribution in [2.24, 2.45) is 0 Å². The van der Waals surface area contributed by atoms with E-state index in [-0.39, 0.29) is 12.5 Å². The first kappa shape index (κ1) is 15.9. The Morgan fingerprint density at radius 1 is 1.48 bits per heavy atom. The second-order valence-electron chi connectivity index (χ2n) is 5.32. The van der Waals surface area contributed by atoms with Crippen LogP contribution in [0.25, 0.3) is 0 Å². The Balaban J connectivity index is 1.81. The van der Waals surface area contributed by atoms with Crippen LogP contribution in [0.4, 0.5) is 0 Å². The summed E-state index contributed by atoms with van der Waals surface area (Å²) in [6.45, 7) is 10.2. The third-order valence-electron chi connectivity index (χ3n) is 3.74. The summed E-state index contributed by atoms with van der Waals surface area (Å²) in [5.74, 6) is 0.755. The van der Waals surface area contributed by atoms with Gasteiger partial charge in [0, 0.05) is 5.02 Å². The van der Waals surface area contributed by atoms with Crippen molar-refractivity contribution in [2.45, 2.75) is 6.92 Å². The number of nitrogens with one attached hydrogen (secondary N) is 1. The summed E-state index contributed by atoms with van der Waals surface area (Å²) in [5.41, 5.74) is 0.940. The number of carbonyl (C=O) groups is 1. The minimum Gasteiger partial charge on any atom is -0.483 e. The lowest BCUT2D eigenvalue weighted by atomic mass is 10.2. The third-order valence-corrected chi connectivity index (χ3v) is 3.98. The standard InChI is InChI=1S/C16H21ClN2O2/c1-3-6-18-7-9-19(10-8-18)16(20)12-21-15-5-4-14(17)11-13(15)2/h3-5,11H,1,6-10,12H2,2H3/p+1. The molecule has 5 heteroatoms. The molecule has 0 aliphatic carbocycles. The highest BCUT2D eigenvalue weighted by molar-refractivity contribution is 6.30. The summed E-state index contributed by atoms with van der Waals surface area (Å²) in [5, 5.41) is 0.674. The average Bonchev–Trinajstić information content (AvgIpc) is 2.47. The van der Waals surface area contributed by atoms with E-state index in [9.17, 15) is 4.79 Å². The van der Waals surface area contributed by atoms with E-state index in [2.05, 4.69) is 6.58 Å². The van der Waals surface area contributed by atoms with Crippen molar-refractivity contribution in [2.75, 3.05) is 39.3 Å². The molecule has 0 spiro atoms. The molecule has 1 aliphatic rings. The first-order chi connectivity index (χ1) is 10.1. The number of ether oxygens (including phenoxy) is 1. The van der Waals surface area contributed by atoms with Crippen LogP contribution in [0.1, 0.15) is 5.56 Å². The molecule has 0 unspecified atom stereocenters. The second-order valence-corrected chi connectivity index (χ2v) is 5.76. The number of piperazine rings is 1. The Labute approximate surface area is 130 Å². The summed E-state index contributed by atoms with van der Waals surface area (Å²) in [4.78, 5) is 15.5. The van der Waals surface area contributed by atoms with E-state index in [1.54, 1.807) is 12.1 Å². The van der Waals surface area contributed by atoms with Crippen molar-refractivity contribution in [3.05, 3.63) is 41.4 Å². The molecule has 1 aromatic carbocycles. The number of quaternary nitrogens is 1. The van der Waals surface area contributed by atoms with Gasteiger partial charge in [0.15, 0.2) is 6.61 Å². The Hall–Kier alpha value is -1.52. The van der Waals surface area contributed by atoms with Gasteiger partial charge in [-0.3, -0.25) is 4.79 Å². The van der Waals surface area contributed by atoms with E-state index in [4.69, 9.17) is 16.3 Å². The third kappa shape index (κ3) is 4.48. The Bertz CT molecular complexity index is 511. The molecule has 1 amide bonds. The van der Waals surface area contributed by atoms with Crippen LogP contribution in [-0.2, 0) is 4.79 Å². The van der Waals surface area contributed by atoms with Gasteiger partial charge in [0.1, 0.15) is 5.75 Å². The maximum absolute atomic E-state index is 12.2. The number of hydrogen-bond acceptors (Lipinski definition) is 2. The summed E-state index contributed by atoms with van der Waals surface area (Å²) < 4.78 is 5.61. The van der Waals surface area contributed by atoms with Gasteiger partial charge in [-0.15, -0.1) is 0 Å². The molecule has 0 atom stereocenters. The quantitative estimate of drug-likeness (QED) is 0.822. The van der Waals surface area contributed by atoms with Gasteiger partial charge in [0.2, 0.25) is 0 Å². The maximum atomic E-state index is 12.2. The SMILES string of the molecule is C=CC[NH+]1CCN(C(=O)COc2ccc(Cl)cc2C)CC1. The van der Waals surface area contributed by atoms with Crippen molar-refractivity contribution < 1.29 is 14.4 Å². The van der Waals surface area contributed by atoms with E-state index in [1.165, 1.54) is 4.90 Å². The smallest absolute Gasteiger partial charge is 0.260 e. The van der Waals surface area contributed by atoms with Gasteiger partial charge in [-0.2, -0.15) is 0 Å². The fraction of sp³-hybridized carbons (Fsp3) is 0.438. The molecule has 0 bridgehead atoms. The number of rotatable bonds is 5. The van der Waals surface area contributed by atoms with Crippen LogP contribution in [0.15, 0.2) is 30.9 Å². The Morgan fingerprint density at radius 2 is 2.19 bits per heavy atom. The average molecular weight is 310 g/mol. The lowest BCUT2D eigenvalue weighted by Gasteiger charge is -2.31. The van der Waals surface area contributed by atoms with Gasteiger partial charge in [-0.1, -0.05) is 18.2 Å². The van der Waals surface area contributed by atoms with E-state index in [0.29, 0.717) is 10.8 Å². The highest BCUT2D eigenvalue weighted by Gasteiger charge is 2.23. The second kappa shape index (κ2) is 7.48. The molecule has 1 aliphatic heterocycles. The highest BCUT2D eigenvalue weighted by atomic mass is 35.5. The van der Waals surface area contributed by atoms with Crippen molar-refractivity contribution in [3.8, 4) is 5.75 Å². The fourth-order valence-electron chi connectivity index (χ4n) is 2.49. The van der Waals surface area contributed by atoms with Crippen molar-refractivity contribution in [1.82, 2.24) is 4.90 Å². The minimum absolute atomic E-state index is 0.0435. The first-order valence-electron chi connectivity index (χ1n) is 7.21. The topological polar surface area (TPSA) is 34.0 Å². The largest absolute Gasteiger partial charge is 0.483 e. The molecule has 21 heavy (non-hydrogen) atoms. The zero-order valence-electron chi connectivity index (χ0n) is 12.4. The molecule has 0 saturated carbocycles. The van der Waals surface area contributed by atoms with Crippen LogP contribution < -0.4 is 9.64 Å². The van der Waals surface area contributed by atoms with Crippen molar-refractivity contribution in [1.29, 1.82) is 0 Å². The normalized spacial score (nSPS) is 15.8. The number of aryl methyl sites for hydroxylation is 1. The predicted octanol–water partition coefficient (Wildman–Crippen LogP) is 0.940. The summed E-state index contributed by atoms with van der Waals surface area (Å²) >= 11 is 5.90. The van der Waals surface area contributed by atoms with Crippen molar-refractivity contribution >= 4 is 17.5 Å². The van der Waals surface area contributed by atoms with Gasteiger partial charge in [0.05, 0.1) is 32.7 Å².